The van der Waals surface area contributed by atoms with Crippen LogP contribution in [0.25, 0.3) is 5.57 Å². The van der Waals surface area contributed by atoms with Crippen LogP contribution in [0.3, 0.4) is 0 Å². The van der Waals surface area contributed by atoms with E-state index >= 15 is 0 Å². The number of aromatic amines is 1. The molecule has 1 aliphatic carbocycles. The predicted molar refractivity (Wildman–Crippen MR) is 108 cm³/mol. The first kappa shape index (κ1) is 19.1. The Morgan fingerprint density at radius 1 is 1.41 bits per heavy atom. The summed E-state index contributed by atoms with van der Waals surface area (Å²) in [6, 6.07) is 5.61. The van der Waals surface area contributed by atoms with Gasteiger partial charge in [0.2, 0.25) is 0 Å². The van der Waals surface area contributed by atoms with E-state index in [2.05, 4.69) is 33.3 Å². The number of ether oxygens (including phenoxy) is 1. The zero-order chi connectivity index (χ0) is 20.4. The normalized spacial score (nSPS) is 21.5. The molecule has 0 radical (unpaired) electrons. The molecule has 29 heavy (non-hydrogen) atoms. The Morgan fingerprint density at radius 3 is 2.93 bits per heavy atom. The Labute approximate surface area is 168 Å². The van der Waals surface area contributed by atoms with Gasteiger partial charge in [-0.25, -0.2) is 9.97 Å². The Morgan fingerprint density at radius 2 is 2.28 bits per heavy atom. The highest BCUT2D eigenvalue weighted by Crippen LogP contribution is 2.34. The van der Waals surface area contributed by atoms with E-state index in [9.17, 15) is 4.79 Å². The van der Waals surface area contributed by atoms with E-state index in [1.54, 1.807) is 0 Å². The summed E-state index contributed by atoms with van der Waals surface area (Å²) in [4.78, 5) is 24.1. The molecule has 1 fully saturated rings. The summed E-state index contributed by atoms with van der Waals surface area (Å²) in [5.41, 5.74) is 3.89. The molecule has 0 saturated carbocycles. The lowest BCUT2D eigenvalue weighted by Crippen LogP contribution is -2.35. The van der Waals surface area contributed by atoms with Gasteiger partial charge in [0, 0.05) is 6.54 Å². The molecule has 0 spiro atoms. The second kappa shape index (κ2) is 7.62. The summed E-state index contributed by atoms with van der Waals surface area (Å²) in [6.45, 7) is 7.38. The van der Waals surface area contributed by atoms with Gasteiger partial charge >= 0.3 is 0 Å². The van der Waals surface area contributed by atoms with Crippen LogP contribution in [-0.2, 0) is 10.5 Å². The third kappa shape index (κ3) is 3.83. The van der Waals surface area contributed by atoms with E-state index in [0.29, 0.717) is 18.0 Å². The van der Waals surface area contributed by atoms with Crippen molar-refractivity contribution in [2.24, 2.45) is 0 Å². The van der Waals surface area contributed by atoms with Crippen molar-refractivity contribution in [1.82, 2.24) is 20.3 Å². The van der Waals surface area contributed by atoms with Crippen LogP contribution in [0.15, 0.2) is 36.6 Å². The molecule has 0 aromatic carbocycles. The molecule has 8 nitrogen and oxygen atoms in total. The largest absolute Gasteiger partial charge is 0.354 e. The van der Waals surface area contributed by atoms with Crippen molar-refractivity contribution >= 4 is 17.2 Å². The number of aromatic nitrogens is 3. The molecular formula is C21H22N6O2. The van der Waals surface area contributed by atoms with Gasteiger partial charge in [0.05, 0.1) is 29.9 Å². The number of nitriles is 1. The summed E-state index contributed by atoms with van der Waals surface area (Å²) >= 11 is 0. The molecule has 1 atom stereocenters. The first-order chi connectivity index (χ1) is 14.0. The monoisotopic (exact) mass is 390 g/mol. The fourth-order valence-corrected chi connectivity index (χ4v) is 3.50. The predicted octanol–water partition coefficient (Wildman–Crippen LogP) is 2.84. The number of H-pyrrole nitrogens is 1. The molecule has 1 aliphatic heterocycles. The van der Waals surface area contributed by atoms with E-state index in [1.165, 1.54) is 11.8 Å². The minimum absolute atomic E-state index is 0.0790. The highest BCUT2D eigenvalue weighted by Gasteiger charge is 2.33. The summed E-state index contributed by atoms with van der Waals surface area (Å²) in [5, 5.41) is 15.1. The van der Waals surface area contributed by atoms with Crippen molar-refractivity contribution in [3.05, 3.63) is 59.5 Å². The first-order valence-electron chi connectivity index (χ1n) is 9.51. The van der Waals surface area contributed by atoms with Crippen LogP contribution in [0.5, 0.6) is 0 Å². The number of hydrogen-bond acceptors (Lipinski definition) is 6. The first-order valence-corrected chi connectivity index (χ1v) is 9.51. The number of imidazole rings is 1. The zero-order valence-corrected chi connectivity index (χ0v) is 16.2. The third-order valence-electron chi connectivity index (χ3n) is 5.19. The highest BCUT2D eigenvalue weighted by atomic mass is 16.5. The van der Waals surface area contributed by atoms with E-state index < -0.39 is 11.6 Å². The van der Waals surface area contributed by atoms with E-state index in [1.807, 2.05) is 25.1 Å². The second-order valence-electron chi connectivity index (χ2n) is 7.30. The molecule has 8 heteroatoms. The molecule has 0 bridgehead atoms. The minimum atomic E-state index is -0.654. The molecule has 2 aromatic heterocycles. The number of hydrogen-bond donors (Lipinski definition) is 3. The van der Waals surface area contributed by atoms with E-state index in [4.69, 9.17) is 15.0 Å². The molecule has 148 valence electrons. The van der Waals surface area contributed by atoms with Gasteiger partial charge in [-0.3, -0.25) is 10.1 Å². The SMILES string of the molecule is C=C1CC=C(c2nc(C3(C)NCCO3)ccc2NC(=O)c2ncc(C#N)[nH]2)CC1. The van der Waals surface area contributed by atoms with Crippen molar-refractivity contribution < 1.29 is 9.53 Å². The number of pyridine rings is 1. The Kier molecular flexibility index (Phi) is 5.01. The maximum absolute atomic E-state index is 12.6. The standard InChI is InChI=1S/C21H22N6O2/c1-13-3-5-14(6-4-13)18-16(26-20(28)19-23-12-15(11-22)25-19)7-8-17(27-18)21(2)24-9-10-29-21/h5,7-8,12,24H,1,3-4,6,9-10H2,2H3,(H,23,25)(H,26,28). The zero-order valence-electron chi connectivity index (χ0n) is 16.2. The van der Waals surface area contributed by atoms with Crippen LogP contribution in [0.1, 0.15) is 53.9 Å². The topological polar surface area (TPSA) is 116 Å². The summed E-state index contributed by atoms with van der Waals surface area (Å²) in [5.74, 6) is -0.347. The van der Waals surface area contributed by atoms with Crippen LogP contribution in [0, 0.1) is 11.3 Å². The number of amides is 1. The summed E-state index contributed by atoms with van der Waals surface area (Å²) < 4.78 is 5.85. The molecular weight excluding hydrogens is 368 g/mol. The van der Waals surface area contributed by atoms with Crippen LogP contribution in [-0.4, -0.2) is 34.0 Å². The van der Waals surface area contributed by atoms with Gasteiger partial charge in [0.25, 0.3) is 5.91 Å². The summed E-state index contributed by atoms with van der Waals surface area (Å²) in [7, 11) is 0. The number of carbonyl (C=O) groups excluding carboxylic acids is 1. The van der Waals surface area contributed by atoms with Crippen molar-refractivity contribution in [2.75, 3.05) is 18.5 Å². The minimum Gasteiger partial charge on any atom is -0.354 e. The highest BCUT2D eigenvalue weighted by molar-refractivity contribution is 6.03. The molecule has 4 rings (SSSR count). The molecule has 3 N–H and O–H groups in total. The maximum Gasteiger partial charge on any atom is 0.291 e. The van der Waals surface area contributed by atoms with E-state index in [0.717, 1.165) is 37.1 Å². The number of anilines is 1. The van der Waals surface area contributed by atoms with Crippen molar-refractivity contribution in [3.63, 3.8) is 0 Å². The Hall–Kier alpha value is -3.28. The van der Waals surface area contributed by atoms with Gasteiger partial charge in [-0.1, -0.05) is 18.2 Å². The number of rotatable bonds is 4. The summed E-state index contributed by atoms with van der Waals surface area (Å²) in [6.07, 6.45) is 5.93. The number of allylic oxidation sites excluding steroid dienone is 3. The molecule has 1 saturated heterocycles. The van der Waals surface area contributed by atoms with Gasteiger partial charge < -0.3 is 15.0 Å². The number of nitrogens with one attached hydrogen (secondary N) is 3. The average molecular weight is 390 g/mol. The Balaban J connectivity index is 1.69. The molecule has 2 aromatic rings. The van der Waals surface area contributed by atoms with Crippen LogP contribution in [0.4, 0.5) is 5.69 Å². The lowest BCUT2D eigenvalue weighted by molar-refractivity contribution is -0.00121. The van der Waals surface area contributed by atoms with Crippen molar-refractivity contribution in [3.8, 4) is 6.07 Å². The fraction of sp³-hybridized carbons (Fsp3) is 0.333. The molecule has 3 heterocycles. The van der Waals surface area contributed by atoms with Gasteiger partial charge in [0.1, 0.15) is 11.8 Å². The van der Waals surface area contributed by atoms with Crippen molar-refractivity contribution in [2.45, 2.75) is 31.9 Å². The number of carbonyl (C=O) groups is 1. The third-order valence-corrected chi connectivity index (χ3v) is 5.19. The maximum atomic E-state index is 12.6. The average Bonchev–Trinajstić information content (AvgIpc) is 3.39. The van der Waals surface area contributed by atoms with Gasteiger partial charge in [-0.05, 0) is 43.9 Å². The van der Waals surface area contributed by atoms with Gasteiger partial charge in [-0.2, -0.15) is 5.26 Å². The lowest BCUT2D eigenvalue weighted by atomic mass is 9.92. The molecule has 1 unspecified atom stereocenters. The fourth-order valence-electron chi connectivity index (χ4n) is 3.50. The molecule has 2 aliphatic rings. The van der Waals surface area contributed by atoms with Crippen LogP contribution >= 0.6 is 0 Å². The lowest BCUT2D eigenvalue weighted by Gasteiger charge is -2.25. The van der Waals surface area contributed by atoms with Gasteiger partial charge in [0.15, 0.2) is 11.5 Å². The smallest absolute Gasteiger partial charge is 0.291 e. The number of nitrogens with zero attached hydrogens (tertiary/aromatic N) is 3. The van der Waals surface area contributed by atoms with Crippen molar-refractivity contribution in [1.29, 1.82) is 5.26 Å². The quantitative estimate of drug-likeness (QED) is 0.692. The Bertz CT molecular complexity index is 1040. The van der Waals surface area contributed by atoms with Crippen LogP contribution in [0.2, 0.25) is 0 Å². The van der Waals surface area contributed by atoms with E-state index in [-0.39, 0.29) is 11.5 Å². The second-order valence-corrected chi connectivity index (χ2v) is 7.30. The van der Waals surface area contributed by atoms with Gasteiger partial charge in [-0.15, -0.1) is 0 Å². The molecule has 1 amide bonds. The van der Waals surface area contributed by atoms with Crippen LogP contribution < -0.4 is 10.6 Å².